The highest BCUT2D eigenvalue weighted by Gasteiger charge is 2.20. The van der Waals surface area contributed by atoms with Gasteiger partial charge in [-0.15, -0.1) is 11.3 Å². The maximum Gasteiger partial charge on any atom is 0.164 e. The second-order valence-electron chi connectivity index (χ2n) is 15.1. The van der Waals surface area contributed by atoms with Crippen molar-refractivity contribution >= 4 is 64.2 Å². The third-order valence-electron chi connectivity index (χ3n) is 11.5. The molecule has 0 aliphatic heterocycles. The predicted octanol–water partition coefficient (Wildman–Crippen LogP) is 15.3. The first kappa shape index (κ1) is 34.3. The van der Waals surface area contributed by atoms with Gasteiger partial charge in [0.15, 0.2) is 17.5 Å². The van der Waals surface area contributed by atoms with Crippen LogP contribution in [0.3, 0.4) is 0 Å². The lowest BCUT2D eigenvalue weighted by atomic mass is 9.92. The molecule has 0 amide bonds. The van der Waals surface area contributed by atoms with Crippen LogP contribution in [0.2, 0.25) is 0 Å². The lowest BCUT2D eigenvalue weighted by molar-refractivity contribution is 0.673. The molecule has 0 radical (unpaired) electrons. The standard InChI is InChI=1S/C55H33N3OS/c1-3-14-34(15-4-1)38-18-11-19-39(32-38)55-57-53(36-16-5-2-6-17-36)56-54(58-55)37-30-28-35(29-31-37)46-33-47-50-42(23-13-26-48(50)59-51(47)43-22-8-7-20-40(43)46)45-25-12-24-44-41-21-9-10-27-49(41)60-52(44)45/h1-33H. The van der Waals surface area contributed by atoms with E-state index in [4.69, 9.17) is 19.4 Å². The van der Waals surface area contributed by atoms with Crippen molar-refractivity contribution < 1.29 is 4.42 Å². The van der Waals surface area contributed by atoms with Crippen LogP contribution in [0.1, 0.15) is 0 Å². The maximum atomic E-state index is 6.78. The van der Waals surface area contributed by atoms with E-state index in [1.165, 1.54) is 31.3 Å². The fourth-order valence-electron chi connectivity index (χ4n) is 8.69. The molecule has 12 aromatic rings. The summed E-state index contributed by atoms with van der Waals surface area (Å²) in [5.41, 5.74) is 11.5. The second kappa shape index (κ2) is 14.0. The topological polar surface area (TPSA) is 51.8 Å². The van der Waals surface area contributed by atoms with Gasteiger partial charge in [-0.3, -0.25) is 0 Å². The number of hydrogen-bond donors (Lipinski definition) is 0. The van der Waals surface area contributed by atoms with Gasteiger partial charge in [-0.05, 0) is 57.5 Å². The fraction of sp³-hybridized carbons (Fsp3) is 0. The van der Waals surface area contributed by atoms with Gasteiger partial charge < -0.3 is 4.42 Å². The Bertz CT molecular complexity index is 3590. The molecule has 3 heterocycles. The number of fused-ring (bicyclic) bond motifs is 8. The monoisotopic (exact) mass is 783 g/mol. The van der Waals surface area contributed by atoms with Gasteiger partial charge >= 0.3 is 0 Å². The van der Waals surface area contributed by atoms with Gasteiger partial charge in [0.2, 0.25) is 0 Å². The molecule has 0 atom stereocenters. The number of aromatic nitrogens is 3. The zero-order chi connectivity index (χ0) is 39.6. The number of nitrogens with zero attached hydrogens (tertiary/aromatic N) is 3. The van der Waals surface area contributed by atoms with Crippen LogP contribution in [0.25, 0.3) is 120 Å². The van der Waals surface area contributed by atoms with Gasteiger partial charge in [-0.1, -0.05) is 176 Å². The molecule has 4 nitrogen and oxygen atoms in total. The van der Waals surface area contributed by atoms with Crippen LogP contribution in [-0.2, 0) is 0 Å². The van der Waals surface area contributed by atoms with E-state index >= 15 is 0 Å². The van der Waals surface area contributed by atoms with E-state index in [1.54, 1.807) is 0 Å². The van der Waals surface area contributed by atoms with Gasteiger partial charge in [0.1, 0.15) is 11.2 Å². The van der Waals surface area contributed by atoms with Gasteiger partial charge in [-0.25, -0.2) is 15.0 Å². The van der Waals surface area contributed by atoms with E-state index < -0.39 is 0 Å². The number of hydrogen-bond acceptors (Lipinski definition) is 5. The van der Waals surface area contributed by atoms with Crippen molar-refractivity contribution in [3.63, 3.8) is 0 Å². The summed E-state index contributed by atoms with van der Waals surface area (Å²) >= 11 is 1.86. The summed E-state index contributed by atoms with van der Waals surface area (Å²) in [7, 11) is 0. The summed E-state index contributed by atoms with van der Waals surface area (Å²) < 4.78 is 9.36. The van der Waals surface area contributed by atoms with Crippen molar-refractivity contribution in [2.24, 2.45) is 0 Å². The van der Waals surface area contributed by atoms with Crippen LogP contribution >= 0.6 is 11.3 Å². The van der Waals surface area contributed by atoms with Crippen molar-refractivity contribution in [1.82, 2.24) is 15.0 Å². The van der Waals surface area contributed by atoms with Crippen LogP contribution in [0.5, 0.6) is 0 Å². The Labute approximate surface area is 349 Å². The Morgan fingerprint density at radius 3 is 1.67 bits per heavy atom. The highest BCUT2D eigenvalue weighted by Crippen LogP contribution is 2.46. The number of thiophene rings is 1. The molecule has 0 aliphatic carbocycles. The normalized spacial score (nSPS) is 11.7. The van der Waals surface area contributed by atoms with E-state index in [9.17, 15) is 0 Å². The van der Waals surface area contributed by atoms with Crippen molar-refractivity contribution in [3.8, 4) is 67.5 Å². The highest BCUT2D eigenvalue weighted by molar-refractivity contribution is 7.26. The molecule has 0 spiro atoms. The Morgan fingerprint density at radius 1 is 0.333 bits per heavy atom. The van der Waals surface area contributed by atoms with E-state index in [2.05, 4.69) is 164 Å². The summed E-state index contributed by atoms with van der Waals surface area (Å²) in [6, 6.07) is 70.3. The van der Waals surface area contributed by atoms with Crippen molar-refractivity contribution in [2.75, 3.05) is 0 Å². The van der Waals surface area contributed by atoms with E-state index in [1.807, 2.05) is 47.7 Å². The third-order valence-corrected chi connectivity index (χ3v) is 12.8. The third kappa shape index (κ3) is 5.70. The molecule has 12 rings (SSSR count). The van der Waals surface area contributed by atoms with Crippen molar-refractivity contribution in [2.45, 2.75) is 0 Å². The van der Waals surface area contributed by atoms with Crippen molar-refractivity contribution in [3.05, 3.63) is 200 Å². The highest BCUT2D eigenvalue weighted by atomic mass is 32.1. The molecule has 0 saturated heterocycles. The van der Waals surface area contributed by atoms with Crippen LogP contribution in [-0.4, -0.2) is 15.0 Å². The fourth-order valence-corrected chi connectivity index (χ4v) is 9.92. The molecule has 0 bridgehead atoms. The molecule has 0 unspecified atom stereocenters. The molecular formula is C55H33N3OS. The molecule has 5 heteroatoms. The Kier molecular flexibility index (Phi) is 8.00. The molecule has 0 fully saturated rings. The Hall–Kier alpha value is -7.73. The first-order valence-electron chi connectivity index (χ1n) is 20.1. The van der Waals surface area contributed by atoms with Gasteiger partial charge in [0.25, 0.3) is 0 Å². The molecule has 280 valence electrons. The second-order valence-corrected chi connectivity index (χ2v) is 16.2. The summed E-state index contributed by atoms with van der Waals surface area (Å²) in [5, 5.41) is 7.03. The van der Waals surface area contributed by atoms with Crippen LogP contribution < -0.4 is 0 Å². The average molecular weight is 784 g/mol. The lowest BCUT2D eigenvalue weighted by Crippen LogP contribution is -2.00. The molecule has 0 N–H and O–H groups in total. The van der Waals surface area contributed by atoms with E-state index in [-0.39, 0.29) is 0 Å². The zero-order valence-electron chi connectivity index (χ0n) is 32.2. The Morgan fingerprint density at radius 2 is 0.883 bits per heavy atom. The Balaban J connectivity index is 1.00. The summed E-state index contributed by atoms with van der Waals surface area (Å²) in [6.07, 6.45) is 0. The molecule has 0 aliphatic rings. The average Bonchev–Trinajstić information content (AvgIpc) is 3.91. The number of benzene rings is 9. The number of rotatable bonds is 6. The van der Waals surface area contributed by atoms with Gasteiger partial charge in [-0.2, -0.15) is 0 Å². The maximum absolute atomic E-state index is 6.78. The quantitative estimate of drug-likeness (QED) is 0.169. The molecule has 9 aromatic carbocycles. The summed E-state index contributed by atoms with van der Waals surface area (Å²) in [5.74, 6) is 1.89. The summed E-state index contributed by atoms with van der Waals surface area (Å²) in [6.45, 7) is 0. The molecule has 3 aromatic heterocycles. The first-order chi connectivity index (χ1) is 29.7. The minimum absolute atomic E-state index is 0.622. The molecule has 0 saturated carbocycles. The van der Waals surface area contributed by atoms with Crippen LogP contribution in [0.4, 0.5) is 0 Å². The van der Waals surface area contributed by atoms with Crippen LogP contribution in [0.15, 0.2) is 205 Å². The van der Waals surface area contributed by atoms with E-state index in [0.717, 1.165) is 71.7 Å². The first-order valence-corrected chi connectivity index (χ1v) is 20.9. The predicted molar refractivity (Wildman–Crippen MR) is 250 cm³/mol. The largest absolute Gasteiger partial charge is 0.455 e. The SMILES string of the molecule is c1ccc(-c2cccc(-c3nc(-c4ccccc4)nc(-c4ccc(-c5cc6c(oc7cccc(-c8cccc9c8sc8ccccc89)c76)c6ccccc56)cc4)n3)c2)cc1. The minimum Gasteiger partial charge on any atom is -0.455 e. The van der Waals surface area contributed by atoms with Crippen LogP contribution in [0, 0.1) is 0 Å². The minimum atomic E-state index is 0.622. The smallest absolute Gasteiger partial charge is 0.164 e. The molecular weight excluding hydrogens is 751 g/mol. The lowest BCUT2D eigenvalue weighted by Gasteiger charge is -2.11. The van der Waals surface area contributed by atoms with Crippen molar-refractivity contribution in [1.29, 1.82) is 0 Å². The van der Waals surface area contributed by atoms with Gasteiger partial charge in [0, 0.05) is 58.6 Å². The summed E-state index contributed by atoms with van der Waals surface area (Å²) in [4.78, 5) is 15.1. The number of furan rings is 1. The van der Waals surface area contributed by atoms with E-state index in [0.29, 0.717) is 17.5 Å². The van der Waals surface area contributed by atoms with Gasteiger partial charge in [0.05, 0.1) is 0 Å². The zero-order valence-corrected chi connectivity index (χ0v) is 33.0. The molecule has 60 heavy (non-hydrogen) atoms.